The van der Waals surface area contributed by atoms with Crippen LogP contribution in [0.25, 0.3) is 11.1 Å². The van der Waals surface area contributed by atoms with Gasteiger partial charge in [-0.2, -0.15) is 4.39 Å². The molecule has 1 atom stereocenters. The van der Waals surface area contributed by atoms with E-state index in [4.69, 9.17) is 15.2 Å². The summed E-state index contributed by atoms with van der Waals surface area (Å²) in [6.45, 7) is 2.10. The summed E-state index contributed by atoms with van der Waals surface area (Å²) in [5.41, 5.74) is 8.46. The van der Waals surface area contributed by atoms with Crippen molar-refractivity contribution in [3.8, 4) is 22.8 Å². The van der Waals surface area contributed by atoms with Gasteiger partial charge in [0, 0.05) is 23.5 Å². The average molecular weight is 362 g/mol. The Morgan fingerprint density at radius 2 is 2.04 bits per heavy atom. The molecule has 2 aromatic heterocycles. The van der Waals surface area contributed by atoms with Crippen molar-refractivity contribution in [2.75, 3.05) is 6.61 Å². The molecular formula is C20H15FN4O2. The lowest BCUT2D eigenvalue weighted by Gasteiger charge is -2.32. The molecule has 134 valence electrons. The third-order valence-electron chi connectivity index (χ3n) is 4.87. The molecule has 0 amide bonds. The molecule has 1 spiro atoms. The first-order chi connectivity index (χ1) is 13.1. The number of nitrogens with zero attached hydrogens (tertiary/aromatic N) is 3. The van der Waals surface area contributed by atoms with Crippen LogP contribution in [0.5, 0.6) is 11.6 Å². The molecule has 6 nitrogen and oxygen atoms in total. The van der Waals surface area contributed by atoms with Gasteiger partial charge in [0.25, 0.3) is 6.02 Å². The molecule has 7 heteroatoms. The second-order valence-electron chi connectivity index (χ2n) is 6.62. The SMILES string of the molecule is Cc1cnc(F)c(-c2ccc3c(c2)[C@@]2(COC(N)=N2)c2cccnc2O3)c1. The van der Waals surface area contributed by atoms with E-state index in [0.29, 0.717) is 22.8 Å². The van der Waals surface area contributed by atoms with Gasteiger partial charge in [-0.25, -0.2) is 15.0 Å². The maximum Gasteiger partial charge on any atom is 0.283 e. The predicted octanol–water partition coefficient (Wildman–Crippen LogP) is 3.29. The number of aliphatic imine (C=N–C) groups is 1. The highest BCUT2D eigenvalue weighted by molar-refractivity contribution is 5.77. The van der Waals surface area contributed by atoms with E-state index in [0.717, 1.165) is 16.7 Å². The molecule has 2 aliphatic rings. The maximum atomic E-state index is 14.3. The number of nitrogens with two attached hydrogens (primary N) is 1. The molecule has 0 saturated heterocycles. The highest BCUT2D eigenvalue weighted by Crippen LogP contribution is 2.50. The van der Waals surface area contributed by atoms with Gasteiger partial charge in [0.1, 0.15) is 12.4 Å². The van der Waals surface area contributed by atoms with E-state index in [2.05, 4.69) is 15.0 Å². The van der Waals surface area contributed by atoms with Gasteiger partial charge in [0.05, 0.1) is 5.56 Å². The van der Waals surface area contributed by atoms with E-state index in [9.17, 15) is 4.39 Å². The van der Waals surface area contributed by atoms with Crippen LogP contribution in [0.3, 0.4) is 0 Å². The largest absolute Gasteiger partial charge is 0.462 e. The maximum absolute atomic E-state index is 14.3. The van der Waals surface area contributed by atoms with Gasteiger partial charge in [-0.3, -0.25) is 0 Å². The summed E-state index contributed by atoms with van der Waals surface area (Å²) in [6.07, 6.45) is 3.15. The highest BCUT2D eigenvalue weighted by atomic mass is 19.1. The second kappa shape index (κ2) is 5.51. The molecule has 27 heavy (non-hydrogen) atoms. The molecule has 0 aliphatic carbocycles. The van der Waals surface area contributed by atoms with Gasteiger partial charge < -0.3 is 15.2 Å². The van der Waals surface area contributed by atoms with Crippen LogP contribution in [0.1, 0.15) is 16.7 Å². The second-order valence-corrected chi connectivity index (χ2v) is 6.62. The Morgan fingerprint density at radius 3 is 2.85 bits per heavy atom. The third-order valence-corrected chi connectivity index (χ3v) is 4.87. The molecule has 0 fully saturated rings. The zero-order valence-corrected chi connectivity index (χ0v) is 14.4. The minimum Gasteiger partial charge on any atom is -0.462 e. The summed E-state index contributed by atoms with van der Waals surface area (Å²) in [4.78, 5) is 12.7. The van der Waals surface area contributed by atoms with E-state index < -0.39 is 11.5 Å². The number of hydrogen-bond donors (Lipinski definition) is 1. The lowest BCUT2D eigenvalue weighted by atomic mass is 9.81. The molecule has 0 unspecified atom stereocenters. The Kier molecular flexibility index (Phi) is 3.21. The number of aromatic nitrogens is 2. The zero-order chi connectivity index (χ0) is 18.6. The van der Waals surface area contributed by atoms with Crippen molar-refractivity contribution in [1.82, 2.24) is 9.97 Å². The molecule has 0 bridgehead atoms. The van der Waals surface area contributed by atoms with Gasteiger partial charge in [0.15, 0.2) is 5.54 Å². The van der Waals surface area contributed by atoms with Crippen LogP contribution in [0.2, 0.25) is 0 Å². The topological polar surface area (TPSA) is 82.6 Å². The number of aryl methyl sites for hydroxylation is 1. The minimum absolute atomic E-state index is 0.103. The lowest BCUT2D eigenvalue weighted by molar-refractivity contribution is 0.262. The summed E-state index contributed by atoms with van der Waals surface area (Å²) < 4.78 is 25.8. The van der Waals surface area contributed by atoms with Crippen molar-refractivity contribution in [3.05, 3.63) is 71.4 Å². The first-order valence-electron chi connectivity index (χ1n) is 8.45. The third kappa shape index (κ3) is 2.28. The summed E-state index contributed by atoms with van der Waals surface area (Å²) in [5, 5.41) is 0. The quantitative estimate of drug-likeness (QED) is 0.672. The first-order valence-corrected chi connectivity index (χ1v) is 8.45. The minimum atomic E-state index is -0.870. The number of pyridine rings is 2. The van der Waals surface area contributed by atoms with Crippen molar-refractivity contribution < 1.29 is 13.9 Å². The van der Waals surface area contributed by atoms with E-state index in [1.54, 1.807) is 24.4 Å². The molecule has 2 N–H and O–H groups in total. The van der Waals surface area contributed by atoms with E-state index in [-0.39, 0.29) is 12.6 Å². The number of hydrogen-bond acceptors (Lipinski definition) is 6. The van der Waals surface area contributed by atoms with E-state index in [1.165, 1.54) is 6.20 Å². The Labute approximate surface area is 154 Å². The molecular weight excluding hydrogens is 347 g/mol. The Hall–Kier alpha value is -3.48. The van der Waals surface area contributed by atoms with Crippen LogP contribution in [-0.4, -0.2) is 22.6 Å². The summed E-state index contributed by atoms with van der Waals surface area (Å²) >= 11 is 0. The number of fused-ring (bicyclic) bond motifs is 4. The van der Waals surface area contributed by atoms with Crippen LogP contribution in [0.15, 0.2) is 53.8 Å². The standard InChI is InChI=1S/C20H15FN4O2/c1-11-7-13(17(21)24-9-11)12-4-5-16-15(8-12)20(10-26-19(22)25-20)14-3-2-6-23-18(14)27-16/h2-9H,10H2,1H3,(H2,22,25)/t20-/m1/s1. The first kappa shape index (κ1) is 15.7. The monoisotopic (exact) mass is 362 g/mol. The zero-order valence-electron chi connectivity index (χ0n) is 14.4. The van der Waals surface area contributed by atoms with E-state index >= 15 is 0 Å². The number of halogens is 1. The smallest absolute Gasteiger partial charge is 0.283 e. The van der Waals surface area contributed by atoms with Gasteiger partial charge in [-0.1, -0.05) is 6.07 Å². The Bertz CT molecular complexity index is 1110. The van der Waals surface area contributed by atoms with Gasteiger partial charge >= 0.3 is 0 Å². The van der Waals surface area contributed by atoms with Gasteiger partial charge in [-0.15, -0.1) is 0 Å². The molecule has 4 heterocycles. The van der Waals surface area contributed by atoms with Crippen molar-refractivity contribution in [1.29, 1.82) is 0 Å². The Balaban J connectivity index is 1.75. The number of ether oxygens (including phenoxy) is 2. The molecule has 3 aromatic rings. The average Bonchev–Trinajstić information content (AvgIpc) is 3.06. The molecule has 5 rings (SSSR count). The fourth-order valence-corrected chi connectivity index (χ4v) is 3.61. The lowest BCUT2D eigenvalue weighted by Crippen LogP contribution is -2.31. The van der Waals surface area contributed by atoms with Crippen molar-refractivity contribution in [2.45, 2.75) is 12.5 Å². The number of benzene rings is 1. The molecule has 0 radical (unpaired) electrons. The Morgan fingerprint density at radius 1 is 1.15 bits per heavy atom. The normalized spacial score (nSPS) is 19.7. The summed E-state index contributed by atoms with van der Waals surface area (Å²) in [6, 6.07) is 11.0. The van der Waals surface area contributed by atoms with Crippen LogP contribution >= 0.6 is 0 Å². The fourth-order valence-electron chi connectivity index (χ4n) is 3.61. The van der Waals surface area contributed by atoms with Crippen molar-refractivity contribution >= 4 is 6.02 Å². The summed E-state index contributed by atoms with van der Waals surface area (Å²) in [7, 11) is 0. The number of rotatable bonds is 1. The molecule has 2 aliphatic heterocycles. The molecule has 0 saturated carbocycles. The van der Waals surface area contributed by atoms with Crippen molar-refractivity contribution in [3.63, 3.8) is 0 Å². The highest BCUT2D eigenvalue weighted by Gasteiger charge is 2.47. The predicted molar refractivity (Wildman–Crippen MR) is 97.0 cm³/mol. The van der Waals surface area contributed by atoms with Crippen molar-refractivity contribution in [2.24, 2.45) is 10.7 Å². The fraction of sp³-hybridized carbons (Fsp3) is 0.150. The van der Waals surface area contributed by atoms with Gasteiger partial charge in [0.2, 0.25) is 11.8 Å². The van der Waals surface area contributed by atoms with Crippen LogP contribution in [-0.2, 0) is 10.3 Å². The van der Waals surface area contributed by atoms with Crippen LogP contribution in [0, 0.1) is 12.9 Å². The van der Waals surface area contributed by atoms with E-state index in [1.807, 2.05) is 25.1 Å². The summed E-state index contributed by atoms with van der Waals surface area (Å²) in [5.74, 6) is 0.523. The van der Waals surface area contributed by atoms with Crippen LogP contribution in [0.4, 0.5) is 4.39 Å². The number of amidine groups is 1. The van der Waals surface area contributed by atoms with Crippen LogP contribution < -0.4 is 10.5 Å². The van der Waals surface area contributed by atoms with Gasteiger partial charge in [-0.05, 0) is 48.4 Å². The molecule has 1 aromatic carbocycles.